The first kappa shape index (κ1) is 14.9. The predicted octanol–water partition coefficient (Wildman–Crippen LogP) is 1.96. The van der Waals surface area contributed by atoms with Crippen molar-refractivity contribution in [1.29, 1.82) is 0 Å². The molecule has 0 aliphatic rings. The van der Waals surface area contributed by atoms with Crippen LogP contribution in [-0.2, 0) is 0 Å². The van der Waals surface area contributed by atoms with Gasteiger partial charge < -0.3 is 15.3 Å². The van der Waals surface area contributed by atoms with Crippen LogP contribution in [0.3, 0.4) is 0 Å². The molecule has 1 unspecified atom stereocenters. The summed E-state index contributed by atoms with van der Waals surface area (Å²) in [7, 11) is 1.95. The first-order valence-electron chi connectivity index (χ1n) is 6.46. The van der Waals surface area contributed by atoms with Crippen LogP contribution in [0, 0.1) is 0 Å². The Labute approximate surface area is 110 Å². The highest BCUT2D eigenvalue weighted by molar-refractivity contribution is 5.41. The van der Waals surface area contributed by atoms with Crippen LogP contribution < -0.4 is 10.2 Å². The summed E-state index contributed by atoms with van der Waals surface area (Å²) < 4.78 is 0. The molecule has 1 aromatic heterocycles. The van der Waals surface area contributed by atoms with E-state index in [0.717, 1.165) is 12.4 Å². The van der Waals surface area contributed by atoms with Crippen molar-refractivity contribution in [2.24, 2.45) is 0 Å². The van der Waals surface area contributed by atoms with Crippen LogP contribution in [-0.4, -0.2) is 35.8 Å². The molecule has 0 saturated carbocycles. The second-order valence-electron chi connectivity index (χ2n) is 5.26. The van der Waals surface area contributed by atoms with Crippen molar-refractivity contribution >= 4 is 5.82 Å². The van der Waals surface area contributed by atoms with E-state index in [0.29, 0.717) is 6.04 Å². The van der Waals surface area contributed by atoms with Gasteiger partial charge in [-0.3, -0.25) is 0 Å². The molecule has 1 atom stereocenters. The van der Waals surface area contributed by atoms with Crippen LogP contribution in [0.2, 0.25) is 0 Å². The Morgan fingerprint density at radius 3 is 2.56 bits per heavy atom. The zero-order valence-corrected chi connectivity index (χ0v) is 12.1. The minimum atomic E-state index is -0.304. The van der Waals surface area contributed by atoms with E-state index in [1.165, 1.54) is 5.56 Å². The quantitative estimate of drug-likeness (QED) is 0.811. The summed E-state index contributed by atoms with van der Waals surface area (Å²) in [5.74, 6) is 0.876. The van der Waals surface area contributed by atoms with E-state index < -0.39 is 0 Å². The van der Waals surface area contributed by atoms with Crippen LogP contribution >= 0.6 is 0 Å². The normalized spacial score (nSPS) is 13.4. The van der Waals surface area contributed by atoms with E-state index in [4.69, 9.17) is 0 Å². The molecule has 1 heterocycles. The first-order chi connectivity index (χ1) is 8.42. The van der Waals surface area contributed by atoms with Crippen molar-refractivity contribution in [2.75, 3.05) is 25.1 Å². The molecule has 0 fully saturated rings. The van der Waals surface area contributed by atoms with Crippen molar-refractivity contribution in [1.82, 2.24) is 10.3 Å². The molecule has 0 aliphatic heterocycles. The Morgan fingerprint density at radius 1 is 1.44 bits per heavy atom. The molecular formula is C14H25N3O. The van der Waals surface area contributed by atoms with Gasteiger partial charge in [-0.1, -0.05) is 13.0 Å². The smallest absolute Gasteiger partial charge is 0.128 e. The van der Waals surface area contributed by atoms with Gasteiger partial charge in [-0.05, 0) is 38.9 Å². The molecule has 0 radical (unpaired) electrons. The number of nitrogens with one attached hydrogen (secondary N) is 1. The molecule has 0 aromatic carbocycles. The number of pyridine rings is 1. The van der Waals surface area contributed by atoms with E-state index in [-0.39, 0.29) is 12.1 Å². The van der Waals surface area contributed by atoms with Gasteiger partial charge in [0.05, 0.1) is 12.1 Å². The summed E-state index contributed by atoms with van der Waals surface area (Å²) in [6, 6.07) is 4.40. The van der Waals surface area contributed by atoms with Gasteiger partial charge in [0, 0.05) is 19.3 Å². The standard InChI is InChI=1S/C14H25N3O/c1-6-15-11(2)12-7-8-13(16-9-12)17(5)14(3,4)10-18/h7-9,11,15,18H,6,10H2,1-5H3. The number of anilines is 1. The molecular weight excluding hydrogens is 226 g/mol. The highest BCUT2D eigenvalue weighted by Gasteiger charge is 2.23. The fourth-order valence-electron chi connectivity index (χ4n) is 1.69. The number of hydrogen-bond acceptors (Lipinski definition) is 4. The molecule has 0 bridgehead atoms. The topological polar surface area (TPSA) is 48.4 Å². The molecule has 102 valence electrons. The average molecular weight is 251 g/mol. The number of aliphatic hydroxyl groups is 1. The summed E-state index contributed by atoms with van der Waals surface area (Å²) in [6.07, 6.45) is 1.90. The second kappa shape index (κ2) is 6.16. The van der Waals surface area contributed by atoms with Gasteiger partial charge in [0.25, 0.3) is 0 Å². The zero-order chi connectivity index (χ0) is 13.8. The number of hydrogen-bond donors (Lipinski definition) is 2. The van der Waals surface area contributed by atoms with Gasteiger partial charge >= 0.3 is 0 Å². The lowest BCUT2D eigenvalue weighted by atomic mass is 10.0. The largest absolute Gasteiger partial charge is 0.394 e. The number of nitrogens with zero attached hydrogens (tertiary/aromatic N) is 2. The number of aromatic nitrogens is 1. The monoisotopic (exact) mass is 251 g/mol. The molecule has 0 aliphatic carbocycles. The zero-order valence-electron chi connectivity index (χ0n) is 12.1. The number of rotatable bonds is 6. The Balaban J connectivity index is 2.83. The van der Waals surface area contributed by atoms with Gasteiger partial charge in [-0.2, -0.15) is 0 Å². The maximum absolute atomic E-state index is 9.36. The van der Waals surface area contributed by atoms with Crippen molar-refractivity contribution in [3.63, 3.8) is 0 Å². The highest BCUT2D eigenvalue weighted by atomic mass is 16.3. The Hall–Kier alpha value is -1.13. The van der Waals surface area contributed by atoms with Crippen LogP contribution in [0.25, 0.3) is 0 Å². The highest BCUT2D eigenvalue weighted by Crippen LogP contribution is 2.21. The van der Waals surface area contributed by atoms with Crippen molar-refractivity contribution < 1.29 is 5.11 Å². The molecule has 0 amide bonds. The van der Waals surface area contributed by atoms with Gasteiger partial charge in [0.15, 0.2) is 0 Å². The summed E-state index contributed by atoms with van der Waals surface area (Å²) in [5.41, 5.74) is 0.873. The second-order valence-corrected chi connectivity index (χ2v) is 5.26. The lowest BCUT2D eigenvalue weighted by Crippen LogP contribution is -2.44. The predicted molar refractivity (Wildman–Crippen MR) is 75.9 cm³/mol. The van der Waals surface area contributed by atoms with Gasteiger partial charge in [0.1, 0.15) is 5.82 Å². The first-order valence-corrected chi connectivity index (χ1v) is 6.46. The summed E-state index contributed by atoms with van der Waals surface area (Å²) >= 11 is 0. The molecule has 0 saturated heterocycles. The van der Waals surface area contributed by atoms with E-state index in [1.807, 2.05) is 38.1 Å². The van der Waals surface area contributed by atoms with E-state index >= 15 is 0 Å². The van der Waals surface area contributed by atoms with Crippen LogP contribution in [0.4, 0.5) is 5.82 Å². The lowest BCUT2D eigenvalue weighted by molar-refractivity contribution is 0.215. The van der Waals surface area contributed by atoms with Crippen molar-refractivity contribution in [3.05, 3.63) is 23.9 Å². The summed E-state index contributed by atoms with van der Waals surface area (Å²) in [6.45, 7) is 9.24. The Morgan fingerprint density at radius 2 is 2.11 bits per heavy atom. The maximum Gasteiger partial charge on any atom is 0.128 e. The molecule has 1 aromatic rings. The fraction of sp³-hybridized carbons (Fsp3) is 0.643. The van der Waals surface area contributed by atoms with Crippen molar-refractivity contribution in [2.45, 2.75) is 39.3 Å². The van der Waals surface area contributed by atoms with Crippen molar-refractivity contribution in [3.8, 4) is 0 Å². The lowest BCUT2D eigenvalue weighted by Gasteiger charge is -2.35. The molecule has 2 N–H and O–H groups in total. The third-order valence-corrected chi connectivity index (χ3v) is 3.42. The Bertz CT molecular complexity index is 362. The van der Waals surface area contributed by atoms with E-state index in [2.05, 4.69) is 30.2 Å². The third kappa shape index (κ3) is 3.43. The molecule has 4 heteroatoms. The summed E-state index contributed by atoms with van der Waals surface area (Å²) in [4.78, 5) is 6.47. The fourth-order valence-corrected chi connectivity index (χ4v) is 1.69. The molecule has 0 spiro atoms. The SMILES string of the molecule is CCNC(C)c1ccc(N(C)C(C)(C)CO)nc1. The van der Waals surface area contributed by atoms with E-state index in [9.17, 15) is 5.11 Å². The minimum absolute atomic E-state index is 0.0979. The van der Waals surface area contributed by atoms with Crippen LogP contribution in [0.5, 0.6) is 0 Å². The minimum Gasteiger partial charge on any atom is -0.394 e. The maximum atomic E-state index is 9.36. The average Bonchev–Trinajstić information content (AvgIpc) is 2.38. The third-order valence-electron chi connectivity index (χ3n) is 3.42. The van der Waals surface area contributed by atoms with Crippen LogP contribution in [0.15, 0.2) is 18.3 Å². The van der Waals surface area contributed by atoms with Gasteiger partial charge in [-0.15, -0.1) is 0 Å². The van der Waals surface area contributed by atoms with Crippen LogP contribution in [0.1, 0.15) is 39.3 Å². The number of likely N-dealkylation sites (N-methyl/N-ethyl adjacent to an activating group) is 1. The van der Waals surface area contributed by atoms with E-state index in [1.54, 1.807) is 0 Å². The molecule has 4 nitrogen and oxygen atoms in total. The van der Waals surface area contributed by atoms with Gasteiger partial charge in [-0.25, -0.2) is 4.98 Å². The van der Waals surface area contributed by atoms with Gasteiger partial charge in [0.2, 0.25) is 0 Å². The number of aliphatic hydroxyl groups excluding tert-OH is 1. The molecule has 18 heavy (non-hydrogen) atoms. The summed E-state index contributed by atoms with van der Waals surface area (Å²) in [5, 5.41) is 12.7. The Kier molecular flexibility index (Phi) is 5.11. The molecule has 1 rings (SSSR count).